The van der Waals surface area contributed by atoms with Crippen molar-refractivity contribution < 1.29 is 9.84 Å². The molecule has 4 heteroatoms. The van der Waals surface area contributed by atoms with E-state index in [1.807, 2.05) is 24.3 Å². The first-order valence-electron chi connectivity index (χ1n) is 5.38. The van der Waals surface area contributed by atoms with E-state index in [0.717, 1.165) is 23.7 Å². The minimum Gasteiger partial charge on any atom is -0.396 e. The summed E-state index contributed by atoms with van der Waals surface area (Å²) in [5, 5.41) is 13.3. The van der Waals surface area contributed by atoms with Crippen molar-refractivity contribution in [3.63, 3.8) is 0 Å². The standard InChI is InChI=1S/C12H16ClNO2/c13-11-4-2-1-3-10(11)5-14-6-12(7-15)8-16-9-12/h1-4,14-15H,5-9H2. The average Bonchev–Trinajstić information content (AvgIpc) is 2.25. The number of aliphatic hydroxyl groups is 1. The molecule has 1 aromatic carbocycles. The van der Waals surface area contributed by atoms with Crippen molar-refractivity contribution in [2.75, 3.05) is 26.4 Å². The first kappa shape index (κ1) is 11.9. The number of halogens is 1. The Morgan fingerprint density at radius 1 is 1.38 bits per heavy atom. The molecule has 16 heavy (non-hydrogen) atoms. The number of hydrogen-bond acceptors (Lipinski definition) is 3. The van der Waals surface area contributed by atoms with Gasteiger partial charge in [-0.1, -0.05) is 29.8 Å². The van der Waals surface area contributed by atoms with Crippen LogP contribution in [-0.4, -0.2) is 31.5 Å². The molecule has 0 radical (unpaired) electrons. The largest absolute Gasteiger partial charge is 0.396 e. The Hall–Kier alpha value is -0.610. The molecule has 0 aliphatic carbocycles. The molecule has 0 bridgehead atoms. The highest BCUT2D eigenvalue weighted by molar-refractivity contribution is 6.31. The predicted molar refractivity (Wildman–Crippen MR) is 63.5 cm³/mol. The Morgan fingerprint density at radius 2 is 2.12 bits per heavy atom. The zero-order valence-electron chi connectivity index (χ0n) is 9.08. The third-order valence-electron chi connectivity index (χ3n) is 2.93. The van der Waals surface area contributed by atoms with E-state index in [1.54, 1.807) is 0 Å². The molecule has 1 saturated heterocycles. The van der Waals surface area contributed by atoms with Crippen LogP contribution in [0.1, 0.15) is 5.56 Å². The maximum Gasteiger partial charge on any atom is 0.0579 e. The SMILES string of the molecule is OCC1(CNCc2ccccc2Cl)COC1. The number of aliphatic hydroxyl groups excluding tert-OH is 1. The molecule has 1 aromatic rings. The fourth-order valence-corrected chi connectivity index (χ4v) is 1.95. The number of nitrogens with one attached hydrogen (secondary N) is 1. The lowest BCUT2D eigenvalue weighted by Gasteiger charge is -2.40. The van der Waals surface area contributed by atoms with E-state index in [2.05, 4.69) is 5.32 Å². The van der Waals surface area contributed by atoms with Crippen LogP contribution in [0.25, 0.3) is 0 Å². The highest BCUT2D eigenvalue weighted by Crippen LogP contribution is 2.25. The summed E-state index contributed by atoms with van der Waals surface area (Å²) in [4.78, 5) is 0. The molecule has 0 spiro atoms. The minimum atomic E-state index is -0.0821. The van der Waals surface area contributed by atoms with Crippen molar-refractivity contribution in [1.29, 1.82) is 0 Å². The number of rotatable bonds is 5. The van der Waals surface area contributed by atoms with Gasteiger partial charge in [-0.2, -0.15) is 0 Å². The van der Waals surface area contributed by atoms with Gasteiger partial charge in [-0.15, -0.1) is 0 Å². The summed E-state index contributed by atoms with van der Waals surface area (Å²) in [6.45, 7) is 2.93. The molecule has 88 valence electrons. The fraction of sp³-hybridized carbons (Fsp3) is 0.500. The van der Waals surface area contributed by atoms with Crippen LogP contribution in [0.5, 0.6) is 0 Å². The monoisotopic (exact) mass is 241 g/mol. The van der Waals surface area contributed by atoms with Gasteiger partial charge in [-0.3, -0.25) is 0 Å². The second-order valence-electron chi connectivity index (χ2n) is 4.35. The third-order valence-corrected chi connectivity index (χ3v) is 3.29. The Morgan fingerprint density at radius 3 is 2.69 bits per heavy atom. The zero-order valence-corrected chi connectivity index (χ0v) is 9.83. The Balaban J connectivity index is 1.82. The maximum absolute atomic E-state index is 9.24. The summed E-state index contributed by atoms with van der Waals surface area (Å²) in [5.41, 5.74) is 0.999. The summed E-state index contributed by atoms with van der Waals surface area (Å²) in [6, 6.07) is 7.77. The molecule has 1 heterocycles. The van der Waals surface area contributed by atoms with Crippen molar-refractivity contribution in [2.24, 2.45) is 5.41 Å². The summed E-state index contributed by atoms with van der Waals surface area (Å²) in [7, 11) is 0. The van der Waals surface area contributed by atoms with Crippen LogP contribution in [0, 0.1) is 5.41 Å². The van der Waals surface area contributed by atoms with Gasteiger partial charge < -0.3 is 15.2 Å². The van der Waals surface area contributed by atoms with Gasteiger partial charge >= 0.3 is 0 Å². The molecule has 0 saturated carbocycles. The number of benzene rings is 1. The molecule has 0 aromatic heterocycles. The predicted octanol–water partition coefficient (Wildman–Crippen LogP) is 1.44. The van der Waals surface area contributed by atoms with Crippen LogP contribution in [0.4, 0.5) is 0 Å². The Kier molecular flexibility index (Phi) is 3.82. The van der Waals surface area contributed by atoms with E-state index >= 15 is 0 Å². The van der Waals surface area contributed by atoms with E-state index in [1.165, 1.54) is 0 Å². The molecule has 1 aliphatic heterocycles. The molecule has 0 unspecified atom stereocenters. The van der Waals surface area contributed by atoms with Gasteiger partial charge in [0.15, 0.2) is 0 Å². The Labute approximate surface area is 100 Å². The highest BCUT2D eigenvalue weighted by Gasteiger charge is 2.37. The van der Waals surface area contributed by atoms with Crippen molar-refractivity contribution in [3.05, 3.63) is 34.9 Å². The van der Waals surface area contributed by atoms with Gasteiger partial charge in [0, 0.05) is 18.1 Å². The normalized spacial score (nSPS) is 18.1. The summed E-state index contributed by atoms with van der Waals surface area (Å²) in [6.07, 6.45) is 0. The van der Waals surface area contributed by atoms with Gasteiger partial charge in [-0.25, -0.2) is 0 Å². The molecular formula is C12H16ClNO2. The summed E-state index contributed by atoms with van der Waals surface area (Å²) < 4.78 is 5.13. The third kappa shape index (κ3) is 2.55. The summed E-state index contributed by atoms with van der Waals surface area (Å²) >= 11 is 6.04. The van der Waals surface area contributed by atoms with Crippen molar-refractivity contribution in [3.8, 4) is 0 Å². The summed E-state index contributed by atoms with van der Waals surface area (Å²) in [5.74, 6) is 0. The van der Waals surface area contributed by atoms with E-state index in [-0.39, 0.29) is 12.0 Å². The quantitative estimate of drug-likeness (QED) is 0.820. The fourth-order valence-electron chi connectivity index (χ4n) is 1.74. The number of hydrogen-bond donors (Lipinski definition) is 2. The highest BCUT2D eigenvalue weighted by atomic mass is 35.5. The van der Waals surface area contributed by atoms with Gasteiger partial charge in [0.2, 0.25) is 0 Å². The lowest BCUT2D eigenvalue weighted by molar-refractivity contribution is -0.134. The van der Waals surface area contributed by atoms with Crippen LogP contribution in [0.2, 0.25) is 5.02 Å². The Bertz CT molecular complexity index is 347. The van der Waals surface area contributed by atoms with Crippen molar-refractivity contribution in [2.45, 2.75) is 6.54 Å². The molecule has 1 fully saturated rings. The van der Waals surface area contributed by atoms with Crippen LogP contribution < -0.4 is 5.32 Å². The zero-order chi connectivity index (χ0) is 11.4. The molecule has 0 amide bonds. The van der Waals surface area contributed by atoms with Crippen LogP contribution >= 0.6 is 11.6 Å². The molecule has 2 rings (SSSR count). The maximum atomic E-state index is 9.24. The first-order chi connectivity index (χ1) is 7.76. The topological polar surface area (TPSA) is 41.5 Å². The number of ether oxygens (including phenoxy) is 1. The molecule has 2 N–H and O–H groups in total. The molecule has 0 atom stereocenters. The van der Waals surface area contributed by atoms with Crippen molar-refractivity contribution in [1.82, 2.24) is 5.32 Å². The first-order valence-corrected chi connectivity index (χ1v) is 5.76. The molecular weight excluding hydrogens is 226 g/mol. The minimum absolute atomic E-state index is 0.0821. The van der Waals surface area contributed by atoms with Gasteiger partial charge in [0.1, 0.15) is 0 Å². The second kappa shape index (κ2) is 5.15. The van der Waals surface area contributed by atoms with Crippen LogP contribution in [0.3, 0.4) is 0 Å². The molecule has 1 aliphatic rings. The van der Waals surface area contributed by atoms with Crippen LogP contribution in [-0.2, 0) is 11.3 Å². The van der Waals surface area contributed by atoms with Crippen LogP contribution in [0.15, 0.2) is 24.3 Å². The van der Waals surface area contributed by atoms with E-state index in [4.69, 9.17) is 16.3 Å². The van der Waals surface area contributed by atoms with Gasteiger partial charge in [0.25, 0.3) is 0 Å². The van der Waals surface area contributed by atoms with E-state index in [9.17, 15) is 5.11 Å². The van der Waals surface area contributed by atoms with Gasteiger partial charge in [-0.05, 0) is 11.6 Å². The lowest BCUT2D eigenvalue weighted by atomic mass is 9.87. The average molecular weight is 242 g/mol. The molecule has 3 nitrogen and oxygen atoms in total. The lowest BCUT2D eigenvalue weighted by Crippen LogP contribution is -2.52. The second-order valence-corrected chi connectivity index (χ2v) is 4.75. The van der Waals surface area contributed by atoms with E-state index < -0.39 is 0 Å². The van der Waals surface area contributed by atoms with E-state index in [0.29, 0.717) is 13.2 Å². The smallest absolute Gasteiger partial charge is 0.0579 e. The van der Waals surface area contributed by atoms with Gasteiger partial charge in [0.05, 0.1) is 25.2 Å². The van der Waals surface area contributed by atoms with Crippen molar-refractivity contribution >= 4 is 11.6 Å².